The van der Waals surface area contributed by atoms with Crippen LogP contribution in [0.5, 0.6) is 0 Å². The maximum atomic E-state index is 4.77. The van der Waals surface area contributed by atoms with Gasteiger partial charge in [0.15, 0.2) is 0 Å². The lowest BCUT2D eigenvalue weighted by Gasteiger charge is -2.22. The monoisotopic (exact) mass is 243 g/mol. The van der Waals surface area contributed by atoms with Crippen molar-refractivity contribution in [1.82, 2.24) is 10.3 Å². The quantitative estimate of drug-likeness (QED) is 0.746. The van der Waals surface area contributed by atoms with Crippen LogP contribution in [0.2, 0.25) is 0 Å². The summed E-state index contributed by atoms with van der Waals surface area (Å²) in [6, 6.07) is 7.76. The van der Waals surface area contributed by atoms with Gasteiger partial charge >= 0.3 is 0 Å². The molecular weight excluding hydrogens is 222 g/mol. The summed E-state index contributed by atoms with van der Waals surface area (Å²) >= 11 is 0. The average Bonchev–Trinajstić information content (AvgIpc) is 3.28. The lowest BCUT2D eigenvalue weighted by Crippen LogP contribution is -2.27. The molecule has 2 fully saturated rings. The van der Waals surface area contributed by atoms with E-state index >= 15 is 0 Å². The van der Waals surface area contributed by atoms with Crippen LogP contribution >= 0.6 is 0 Å². The van der Waals surface area contributed by atoms with Crippen LogP contribution in [0.25, 0.3) is 0 Å². The molecule has 0 saturated heterocycles. The summed E-state index contributed by atoms with van der Waals surface area (Å²) in [6.07, 6.45) is 7.20. The smallest absolute Gasteiger partial charge is 0.129 e. The van der Waals surface area contributed by atoms with E-state index < -0.39 is 0 Å². The minimum Gasteiger partial charge on any atom is -0.350 e. The van der Waals surface area contributed by atoms with Crippen molar-refractivity contribution in [1.29, 1.82) is 0 Å². The first kappa shape index (κ1) is 11.7. The molecule has 1 aromatic heterocycles. The van der Waals surface area contributed by atoms with E-state index in [-0.39, 0.29) is 0 Å². The highest BCUT2D eigenvalue weighted by Crippen LogP contribution is 2.30. The lowest BCUT2D eigenvalue weighted by atomic mass is 10.3. The van der Waals surface area contributed by atoms with Gasteiger partial charge in [-0.1, -0.05) is 12.1 Å². The fourth-order valence-corrected chi connectivity index (χ4v) is 2.22. The fourth-order valence-electron chi connectivity index (χ4n) is 2.22. The van der Waals surface area contributed by atoms with Crippen molar-refractivity contribution >= 4 is 5.82 Å². The number of aromatic nitrogens is 1. The van der Waals surface area contributed by atoms with Crippen molar-refractivity contribution in [2.45, 2.75) is 44.3 Å². The van der Waals surface area contributed by atoms with Crippen LogP contribution in [0.1, 0.15) is 31.4 Å². The first-order chi connectivity index (χ1) is 8.86. The number of rotatable bonds is 7. The van der Waals surface area contributed by atoms with Gasteiger partial charge in [0, 0.05) is 25.2 Å². The van der Waals surface area contributed by atoms with Crippen LogP contribution in [0, 0.1) is 0 Å². The molecule has 18 heavy (non-hydrogen) atoms. The number of hydrogen-bond acceptors (Lipinski definition) is 3. The van der Waals surface area contributed by atoms with E-state index in [9.17, 15) is 0 Å². The number of pyridine rings is 1. The predicted molar refractivity (Wildman–Crippen MR) is 74.7 cm³/mol. The van der Waals surface area contributed by atoms with E-state index in [1.807, 2.05) is 6.08 Å². The Labute approximate surface area is 109 Å². The van der Waals surface area contributed by atoms with Gasteiger partial charge in [-0.15, -0.1) is 6.58 Å². The van der Waals surface area contributed by atoms with E-state index in [1.165, 1.54) is 25.7 Å². The fraction of sp³-hybridized carbons (Fsp3) is 0.533. The third-order valence-electron chi connectivity index (χ3n) is 3.55. The standard InChI is InChI=1S/C15H21N3/c1-2-10-18(14-8-9-14)15-5-3-4-13(17-15)11-16-12-6-7-12/h2-5,12,14,16H,1,6-11H2. The SMILES string of the molecule is C=CCN(c1cccc(CNC2CC2)n1)C1CC1. The van der Waals surface area contributed by atoms with Crippen molar-refractivity contribution < 1.29 is 0 Å². The van der Waals surface area contributed by atoms with Gasteiger partial charge in [-0.2, -0.15) is 0 Å². The largest absolute Gasteiger partial charge is 0.350 e. The Hall–Kier alpha value is -1.35. The van der Waals surface area contributed by atoms with Crippen molar-refractivity contribution in [3.05, 3.63) is 36.5 Å². The zero-order valence-electron chi connectivity index (χ0n) is 10.8. The molecule has 1 heterocycles. The van der Waals surface area contributed by atoms with Gasteiger partial charge in [-0.25, -0.2) is 4.98 Å². The molecule has 0 radical (unpaired) electrons. The second kappa shape index (κ2) is 5.11. The molecule has 0 aromatic carbocycles. The summed E-state index contributed by atoms with van der Waals surface area (Å²) in [5, 5.41) is 3.51. The highest BCUT2D eigenvalue weighted by molar-refractivity contribution is 5.43. The van der Waals surface area contributed by atoms with E-state index in [0.717, 1.165) is 30.6 Å². The zero-order chi connectivity index (χ0) is 12.4. The third-order valence-corrected chi connectivity index (χ3v) is 3.55. The number of hydrogen-bond donors (Lipinski definition) is 1. The highest BCUT2D eigenvalue weighted by atomic mass is 15.2. The van der Waals surface area contributed by atoms with Gasteiger partial charge in [0.1, 0.15) is 5.82 Å². The second-order valence-corrected chi connectivity index (χ2v) is 5.31. The second-order valence-electron chi connectivity index (χ2n) is 5.31. The Balaban J connectivity index is 1.68. The number of anilines is 1. The minimum absolute atomic E-state index is 0.683. The molecule has 3 rings (SSSR count). The summed E-state index contributed by atoms with van der Waals surface area (Å²) in [7, 11) is 0. The molecule has 96 valence electrons. The molecule has 3 heteroatoms. The molecule has 0 aliphatic heterocycles. The van der Waals surface area contributed by atoms with Gasteiger partial charge in [0.05, 0.1) is 5.69 Å². The molecule has 1 aromatic rings. The van der Waals surface area contributed by atoms with Crippen molar-refractivity contribution in [2.24, 2.45) is 0 Å². The number of nitrogens with one attached hydrogen (secondary N) is 1. The predicted octanol–water partition coefficient (Wildman–Crippen LogP) is 2.49. The molecular formula is C15H21N3. The maximum absolute atomic E-state index is 4.77. The summed E-state index contributed by atoms with van der Waals surface area (Å²) in [5.74, 6) is 1.10. The molecule has 0 unspecified atom stereocenters. The molecule has 1 N–H and O–H groups in total. The summed E-state index contributed by atoms with van der Waals surface area (Å²) in [5.41, 5.74) is 1.15. The Morgan fingerprint density at radius 1 is 1.33 bits per heavy atom. The molecule has 2 saturated carbocycles. The lowest BCUT2D eigenvalue weighted by molar-refractivity contribution is 0.672. The van der Waals surface area contributed by atoms with Crippen LogP contribution in [0.4, 0.5) is 5.82 Å². The van der Waals surface area contributed by atoms with Crippen LogP contribution in [-0.4, -0.2) is 23.6 Å². The molecule has 0 spiro atoms. The van der Waals surface area contributed by atoms with E-state index in [0.29, 0.717) is 6.04 Å². The first-order valence-electron chi connectivity index (χ1n) is 6.93. The minimum atomic E-state index is 0.683. The number of nitrogens with zero attached hydrogens (tertiary/aromatic N) is 2. The summed E-state index contributed by atoms with van der Waals surface area (Å²) in [6.45, 7) is 5.64. The van der Waals surface area contributed by atoms with E-state index in [2.05, 4.69) is 35.0 Å². The average molecular weight is 243 g/mol. The first-order valence-corrected chi connectivity index (χ1v) is 6.93. The van der Waals surface area contributed by atoms with Crippen LogP contribution in [-0.2, 0) is 6.54 Å². The van der Waals surface area contributed by atoms with Gasteiger partial charge in [0.2, 0.25) is 0 Å². The van der Waals surface area contributed by atoms with Crippen molar-refractivity contribution in [3.63, 3.8) is 0 Å². The van der Waals surface area contributed by atoms with Gasteiger partial charge in [-0.05, 0) is 37.8 Å². The molecule has 2 aliphatic carbocycles. The molecule has 2 aliphatic rings. The Kier molecular flexibility index (Phi) is 3.33. The van der Waals surface area contributed by atoms with Gasteiger partial charge in [0.25, 0.3) is 0 Å². The maximum Gasteiger partial charge on any atom is 0.129 e. The van der Waals surface area contributed by atoms with E-state index in [1.54, 1.807) is 0 Å². The van der Waals surface area contributed by atoms with Gasteiger partial charge < -0.3 is 10.2 Å². The topological polar surface area (TPSA) is 28.2 Å². The highest BCUT2D eigenvalue weighted by Gasteiger charge is 2.29. The Bertz CT molecular complexity index is 422. The molecule has 0 amide bonds. The van der Waals surface area contributed by atoms with Crippen LogP contribution in [0.3, 0.4) is 0 Å². The van der Waals surface area contributed by atoms with E-state index in [4.69, 9.17) is 4.98 Å². The van der Waals surface area contributed by atoms with Crippen molar-refractivity contribution in [3.8, 4) is 0 Å². The third kappa shape index (κ3) is 2.91. The molecule has 3 nitrogen and oxygen atoms in total. The summed E-state index contributed by atoms with van der Waals surface area (Å²) in [4.78, 5) is 7.14. The Morgan fingerprint density at radius 2 is 2.17 bits per heavy atom. The Morgan fingerprint density at radius 3 is 2.83 bits per heavy atom. The zero-order valence-corrected chi connectivity index (χ0v) is 10.8. The molecule has 0 atom stereocenters. The summed E-state index contributed by atoms with van der Waals surface area (Å²) < 4.78 is 0. The van der Waals surface area contributed by atoms with Crippen LogP contribution in [0.15, 0.2) is 30.9 Å². The molecule has 0 bridgehead atoms. The van der Waals surface area contributed by atoms with Crippen LogP contribution < -0.4 is 10.2 Å². The normalized spacial score (nSPS) is 18.7. The van der Waals surface area contributed by atoms with Crippen molar-refractivity contribution in [2.75, 3.05) is 11.4 Å². The van der Waals surface area contributed by atoms with Gasteiger partial charge in [-0.3, -0.25) is 0 Å².